The van der Waals surface area contributed by atoms with Crippen LogP contribution in [0.25, 0.3) is 6.08 Å². The van der Waals surface area contributed by atoms with E-state index in [2.05, 4.69) is 15.9 Å². The van der Waals surface area contributed by atoms with Crippen LogP contribution in [0.15, 0.2) is 53.0 Å². The van der Waals surface area contributed by atoms with Crippen molar-refractivity contribution < 1.29 is 9.47 Å². The Labute approximate surface area is 132 Å². The summed E-state index contributed by atoms with van der Waals surface area (Å²) in [6, 6.07) is 15.6. The Balaban J connectivity index is 2.23. The third-order valence-corrected chi connectivity index (χ3v) is 3.42. The van der Waals surface area contributed by atoms with E-state index in [1.807, 2.05) is 48.5 Å². The number of hydrogen-bond donors (Lipinski definition) is 0. The van der Waals surface area contributed by atoms with Crippen LogP contribution >= 0.6 is 15.9 Å². The minimum absolute atomic E-state index is 0.461. The third-order valence-electron chi connectivity index (χ3n) is 2.83. The van der Waals surface area contributed by atoms with Gasteiger partial charge in [0, 0.05) is 6.08 Å². The molecule has 0 saturated carbocycles. The summed E-state index contributed by atoms with van der Waals surface area (Å²) < 4.78 is 12.0. The zero-order valence-corrected chi connectivity index (χ0v) is 13.1. The lowest BCUT2D eigenvalue weighted by molar-refractivity contribution is 0.282. The first-order valence-corrected chi connectivity index (χ1v) is 7.14. The standard InChI is InChI=1S/C17H14BrNO2/c1-20-16-11-14(8-5-9-19)10-15(18)17(16)21-12-13-6-3-2-4-7-13/h2-8,10-11H,12H2,1H3. The summed E-state index contributed by atoms with van der Waals surface area (Å²) in [5.74, 6) is 1.27. The van der Waals surface area contributed by atoms with E-state index in [4.69, 9.17) is 14.7 Å². The maximum absolute atomic E-state index is 8.58. The molecule has 106 valence electrons. The molecule has 0 amide bonds. The van der Waals surface area contributed by atoms with E-state index in [1.165, 1.54) is 6.08 Å². The van der Waals surface area contributed by atoms with E-state index in [-0.39, 0.29) is 0 Å². The van der Waals surface area contributed by atoms with Crippen LogP contribution in [-0.4, -0.2) is 7.11 Å². The van der Waals surface area contributed by atoms with Gasteiger partial charge in [-0.05, 0) is 45.3 Å². The van der Waals surface area contributed by atoms with Crippen molar-refractivity contribution in [2.75, 3.05) is 7.11 Å². The summed E-state index contributed by atoms with van der Waals surface area (Å²) in [4.78, 5) is 0. The lowest BCUT2D eigenvalue weighted by Crippen LogP contribution is -1.98. The molecule has 0 aliphatic carbocycles. The van der Waals surface area contributed by atoms with Crippen molar-refractivity contribution in [3.8, 4) is 17.6 Å². The predicted molar refractivity (Wildman–Crippen MR) is 86.1 cm³/mol. The number of allylic oxidation sites excluding steroid dienone is 1. The molecular weight excluding hydrogens is 330 g/mol. The fourth-order valence-corrected chi connectivity index (χ4v) is 2.41. The summed E-state index contributed by atoms with van der Waals surface area (Å²) >= 11 is 3.48. The quantitative estimate of drug-likeness (QED) is 0.746. The van der Waals surface area contributed by atoms with Crippen LogP contribution in [0.1, 0.15) is 11.1 Å². The topological polar surface area (TPSA) is 42.2 Å². The van der Waals surface area contributed by atoms with Crippen molar-refractivity contribution in [3.05, 3.63) is 64.1 Å². The van der Waals surface area contributed by atoms with Crippen molar-refractivity contribution in [1.82, 2.24) is 0 Å². The second-order valence-corrected chi connectivity index (χ2v) is 5.13. The number of halogens is 1. The molecule has 4 heteroatoms. The van der Waals surface area contributed by atoms with Gasteiger partial charge in [-0.1, -0.05) is 30.3 Å². The zero-order chi connectivity index (χ0) is 15.1. The highest BCUT2D eigenvalue weighted by molar-refractivity contribution is 9.10. The van der Waals surface area contributed by atoms with E-state index in [0.717, 1.165) is 15.6 Å². The molecule has 0 atom stereocenters. The van der Waals surface area contributed by atoms with Crippen LogP contribution in [0.4, 0.5) is 0 Å². The molecule has 0 radical (unpaired) electrons. The molecule has 0 N–H and O–H groups in total. The molecule has 0 spiro atoms. The van der Waals surface area contributed by atoms with Gasteiger partial charge in [0.2, 0.25) is 0 Å². The number of ether oxygens (including phenoxy) is 2. The van der Waals surface area contributed by atoms with Gasteiger partial charge < -0.3 is 9.47 Å². The van der Waals surface area contributed by atoms with Crippen molar-refractivity contribution in [3.63, 3.8) is 0 Å². The number of rotatable bonds is 5. The molecule has 0 aromatic heterocycles. The SMILES string of the molecule is COc1cc(C=CC#N)cc(Br)c1OCc1ccccc1. The molecule has 0 aliphatic heterocycles. The van der Waals surface area contributed by atoms with Crippen molar-refractivity contribution in [2.45, 2.75) is 6.61 Å². The van der Waals surface area contributed by atoms with Gasteiger partial charge in [-0.3, -0.25) is 0 Å². The number of nitrogens with zero attached hydrogens (tertiary/aromatic N) is 1. The second-order valence-electron chi connectivity index (χ2n) is 4.27. The highest BCUT2D eigenvalue weighted by Crippen LogP contribution is 2.37. The average Bonchev–Trinajstić information content (AvgIpc) is 2.52. The molecule has 2 rings (SSSR count). The minimum Gasteiger partial charge on any atom is -0.493 e. The van der Waals surface area contributed by atoms with E-state index in [0.29, 0.717) is 18.1 Å². The minimum atomic E-state index is 0.461. The number of nitriles is 1. The first-order valence-electron chi connectivity index (χ1n) is 6.35. The molecule has 2 aromatic carbocycles. The van der Waals surface area contributed by atoms with Crippen molar-refractivity contribution >= 4 is 22.0 Å². The summed E-state index contributed by atoms with van der Waals surface area (Å²) in [7, 11) is 1.59. The number of hydrogen-bond acceptors (Lipinski definition) is 3. The van der Waals surface area contributed by atoms with Gasteiger partial charge in [0.15, 0.2) is 11.5 Å². The maximum atomic E-state index is 8.58. The molecule has 0 saturated heterocycles. The maximum Gasteiger partial charge on any atom is 0.175 e. The van der Waals surface area contributed by atoms with Crippen molar-refractivity contribution in [1.29, 1.82) is 5.26 Å². The summed E-state index contributed by atoms with van der Waals surface area (Å²) in [5.41, 5.74) is 1.95. The highest BCUT2D eigenvalue weighted by Gasteiger charge is 2.11. The molecule has 0 heterocycles. The normalized spacial score (nSPS) is 10.3. The van der Waals surface area contributed by atoms with E-state index in [1.54, 1.807) is 13.2 Å². The first-order chi connectivity index (χ1) is 10.2. The van der Waals surface area contributed by atoms with Gasteiger partial charge in [0.1, 0.15) is 6.61 Å². The fraction of sp³-hybridized carbons (Fsp3) is 0.118. The Hall–Kier alpha value is -2.25. The lowest BCUT2D eigenvalue weighted by Gasteiger charge is -2.13. The van der Waals surface area contributed by atoms with Crippen LogP contribution < -0.4 is 9.47 Å². The third kappa shape index (κ3) is 4.11. The van der Waals surface area contributed by atoms with Crippen LogP contribution in [-0.2, 0) is 6.61 Å². The number of benzene rings is 2. The van der Waals surface area contributed by atoms with Gasteiger partial charge >= 0.3 is 0 Å². The predicted octanol–water partition coefficient (Wildman–Crippen LogP) is 4.57. The molecule has 0 aliphatic rings. The van der Waals surface area contributed by atoms with Crippen LogP contribution in [0, 0.1) is 11.3 Å². The smallest absolute Gasteiger partial charge is 0.175 e. The summed E-state index contributed by atoms with van der Waals surface area (Å²) in [5, 5.41) is 8.58. The summed E-state index contributed by atoms with van der Waals surface area (Å²) in [6.45, 7) is 0.461. The first kappa shape index (κ1) is 15.1. The van der Waals surface area contributed by atoms with Crippen LogP contribution in [0.2, 0.25) is 0 Å². The number of methoxy groups -OCH3 is 1. The van der Waals surface area contributed by atoms with Crippen molar-refractivity contribution in [2.24, 2.45) is 0 Å². The lowest BCUT2D eigenvalue weighted by atomic mass is 10.2. The summed E-state index contributed by atoms with van der Waals surface area (Å²) in [6.07, 6.45) is 3.14. The van der Waals surface area contributed by atoms with Gasteiger partial charge in [-0.25, -0.2) is 0 Å². The molecule has 0 unspecified atom stereocenters. The van der Waals surface area contributed by atoms with Crippen LogP contribution in [0.5, 0.6) is 11.5 Å². The monoisotopic (exact) mass is 343 g/mol. The van der Waals surface area contributed by atoms with E-state index >= 15 is 0 Å². The van der Waals surface area contributed by atoms with Gasteiger partial charge in [-0.15, -0.1) is 0 Å². The Morgan fingerprint density at radius 2 is 2.00 bits per heavy atom. The Kier molecular flexibility index (Phi) is 5.42. The van der Waals surface area contributed by atoms with E-state index < -0.39 is 0 Å². The largest absolute Gasteiger partial charge is 0.493 e. The average molecular weight is 344 g/mol. The van der Waals surface area contributed by atoms with Gasteiger partial charge in [0.05, 0.1) is 17.7 Å². The fourth-order valence-electron chi connectivity index (χ4n) is 1.84. The zero-order valence-electron chi connectivity index (χ0n) is 11.5. The molecule has 2 aromatic rings. The molecule has 3 nitrogen and oxygen atoms in total. The Bertz CT molecular complexity index is 675. The highest BCUT2D eigenvalue weighted by atomic mass is 79.9. The van der Waals surface area contributed by atoms with Crippen LogP contribution in [0.3, 0.4) is 0 Å². The van der Waals surface area contributed by atoms with E-state index in [9.17, 15) is 0 Å². The second kappa shape index (κ2) is 7.51. The molecular formula is C17H14BrNO2. The molecule has 21 heavy (non-hydrogen) atoms. The molecule has 0 fully saturated rings. The molecule has 0 bridgehead atoms. The Morgan fingerprint density at radius 3 is 2.67 bits per heavy atom. The van der Waals surface area contributed by atoms with Gasteiger partial charge in [0.25, 0.3) is 0 Å². The Morgan fingerprint density at radius 1 is 1.24 bits per heavy atom. The van der Waals surface area contributed by atoms with Gasteiger partial charge in [-0.2, -0.15) is 5.26 Å².